The Kier molecular flexibility index (Phi) is 7.77. The van der Waals surface area contributed by atoms with E-state index in [4.69, 9.17) is 9.47 Å². The quantitative estimate of drug-likeness (QED) is 0.645. The Morgan fingerprint density at radius 1 is 1.41 bits per heavy atom. The van der Waals surface area contributed by atoms with Crippen LogP contribution in [-0.4, -0.2) is 64.6 Å². The molecule has 1 unspecified atom stereocenters. The van der Waals surface area contributed by atoms with Crippen molar-refractivity contribution in [3.05, 3.63) is 0 Å². The normalized spacial score (nSPS) is 19.8. The first-order valence-corrected chi connectivity index (χ1v) is 6.71. The van der Waals surface area contributed by atoms with E-state index in [0.717, 1.165) is 38.8 Å². The van der Waals surface area contributed by atoms with Crippen molar-refractivity contribution in [3.8, 4) is 0 Å². The summed E-state index contributed by atoms with van der Waals surface area (Å²) < 4.78 is 10.4. The Balaban J connectivity index is 2.10. The van der Waals surface area contributed by atoms with E-state index in [1.165, 1.54) is 19.4 Å². The van der Waals surface area contributed by atoms with Crippen molar-refractivity contribution in [2.45, 2.75) is 25.8 Å². The second kappa shape index (κ2) is 8.86. The fourth-order valence-corrected chi connectivity index (χ4v) is 2.16. The van der Waals surface area contributed by atoms with Gasteiger partial charge in [-0.05, 0) is 32.7 Å². The highest BCUT2D eigenvalue weighted by atomic mass is 16.5. The molecule has 0 aromatic heterocycles. The molecule has 1 aliphatic rings. The summed E-state index contributed by atoms with van der Waals surface area (Å²) in [5, 5.41) is 3.41. The number of likely N-dealkylation sites (N-methyl/N-ethyl adjacent to an activating group) is 1. The number of methoxy groups -OCH3 is 1. The van der Waals surface area contributed by atoms with Gasteiger partial charge in [-0.3, -0.25) is 0 Å². The smallest absolute Gasteiger partial charge is 0.0587 e. The summed E-state index contributed by atoms with van der Waals surface area (Å²) in [5.74, 6) is 0.815. The molecule has 1 heterocycles. The van der Waals surface area contributed by atoms with Crippen molar-refractivity contribution in [1.29, 1.82) is 0 Å². The molecule has 1 fully saturated rings. The highest BCUT2D eigenvalue weighted by molar-refractivity contribution is 4.72. The lowest BCUT2D eigenvalue weighted by atomic mass is 9.99. The van der Waals surface area contributed by atoms with E-state index in [9.17, 15) is 0 Å². The van der Waals surface area contributed by atoms with Gasteiger partial charge in [-0.2, -0.15) is 0 Å². The van der Waals surface area contributed by atoms with E-state index in [2.05, 4.69) is 24.2 Å². The molecule has 1 atom stereocenters. The highest BCUT2D eigenvalue weighted by Gasteiger charge is 2.18. The summed E-state index contributed by atoms with van der Waals surface area (Å²) in [7, 11) is 3.96. The molecule has 0 aromatic rings. The lowest BCUT2D eigenvalue weighted by Gasteiger charge is -2.31. The monoisotopic (exact) mass is 244 g/mol. The van der Waals surface area contributed by atoms with E-state index in [0.29, 0.717) is 6.04 Å². The van der Waals surface area contributed by atoms with E-state index in [1.807, 2.05) is 0 Å². The average Bonchev–Trinajstić information content (AvgIpc) is 2.35. The molecule has 0 saturated carbocycles. The van der Waals surface area contributed by atoms with Crippen molar-refractivity contribution < 1.29 is 9.47 Å². The van der Waals surface area contributed by atoms with Gasteiger partial charge in [-0.25, -0.2) is 0 Å². The average molecular weight is 244 g/mol. The molecule has 4 heteroatoms. The Labute approximate surface area is 106 Å². The number of nitrogens with one attached hydrogen (secondary N) is 1. The Bertz CT molecular complexity index is 184. The third-order valence-corrected chi connectivity index (χ3v) is 3.56. The van der Waals surface area contributed by atoms with Crippen molar-refractivity contribution >= 4 is 0 Å². The van der Waals surface area contributed by atoms with E-state index in [-0.39, 0.29) is 0 Å². The van der Waals surface area contributed by atoms with Gasteiger partial charge in [0.1, 0.15) is 0 Å². The predicted molar refractivity (Wildman–Crippen MR) is 70.4 cm³/mol. The molecule has 4 nitrogen and oxygen atoms in total. The van der Waals surface area contributed by atoms with Crippen molar-refractivity contribution in [2.24, 2.45) is 5.92 Å². The summed E-state index contributed by atoms with van der Waals surface area (Å²) in [4.78, 5) is 2.45. The van der Waals surface area contributed by atoms with Crippen LogP contribution < -0.4 is 5.32 Å². The van der Waals surface area contributed by atoms with Crippen LogP contribution in [0.25, 0.3) is 0 Å². The Hall–Kier alpha value is -0.160. The van der Waals surface area contributed by atoms with Crippen molar-refractivity contribution in [1.82, 2.24) is 10.2 Å². The third-order valence-electron chi connectivity index (χ3n) is 3.56. The maximum atomic E-state index is 5.39. The van der Waals surface area contributed by atoms with Gasteiger partial charge < -0.3 is 19.7 Å². The number of ether oxygens (including phenoxy) is 2. The fraction of sp³-hybridized carbons (Fsp3) is 1.00. The summed E-state index contributed by atoms with van der Waals surface area (Å²) in [6, 6.07) is 0.578. The van der Waals surface area contributed by atoms with Gasteiger partial charge in [0, 0.05) is 46.0 Å². The minimum Gasteiger partial charge on any atom is -0.383 e. The molecule has 1 aliphatic heterocycles. The number of hydrogen-bond donors (Lipinski definition) is 1. The summed E-state index contributed by atoms with van der Waals surface area (Å²) >= 11 is 0. The van der Waals surface area contributed by atoms with Gasteiger partial charge in [-0.15, -0.1) is 0 Å². The van der Waals surface area contributed by atoms with Gasteiger partial charge in [0.05, 0.1) is 6.61 Å². The van der Waals surface area contributed by atoms with E-state index >= 15 is 0 Å². The van der Waals surface area contributed by atoms with Crippen LogP contribution in [0.4, 0.5) is 0 Å². The molecule has 0 spiro atoms. The first-order valence-electron chi connectivity index (χ1n) is 6.71. The maximum absolute atomic E-state index is 5.39. The zero-order valence-corrected chi connectivity index (χ0v) is 11.6. The Morgan fingerprint density at radius 3 is 2.76 bits per heavy atom. The lowest BCUT2D eigenvalue weighted by molar-refractivity contribution is 0.0512. The minimum absolute atomic E-state index is 0.578. The molecular formula is C13H28N2O2. The van der Waals surface area contributed by atoms with Crippen LogP contribution in [0.5, 0.6) is 0 Å². The van der Waals surface area contributed by atoms with Gasteiger partial charge >= 0.3 is 0 Å². The third kappa shape index (κ3) is 6.36. The van der Waals surface area contributed by atoms with Gasteiger partial charge in [0.25, 0.3) is 0 Å². The van der Waals surface area contributed by atoms with Gasteiger partial charge in [0.2, 0.25) is 0 Å². The van der Waals surface area contributed by atoms with E-state index in [1.54, 1.807) is 7.11 Å². The van der Waals surface area contributed by atoms with Crippen LogP contribution in [0, 0.1) is 5.92 Å². The van der Waals surface area contributed by atoms with Crippen LogP contribution >= 0.6 is 0 Å². The molecular weight excluding hydrogens is 216 g/mol. The number of nitrogens with zero attached hydrogens (tertiary/aromatic N) is 1. The second-order valence-corrected chi connectivity index (χ2v) is 5.04. The number of hydrogen-bond acceptors (Lipinski definition) is 4. The molecule has 1 N–H and O–H groups in total. The lowest BCUT2D eigenvalue weighted by Crippen LogP contribution is -2.41. The summed E-state index contributed by atoms with van der Waals surface area (Å²) in [6.07, 6.45) is 2.43. The molecule has 0 amide bonds. The summed E-state index contributed by atoms with van der Waals surface area (Å²) in [6.45, 7) is 8.11. The zero-order chi connectivity index (χ0) is 12.5. The van der Waals surface area contributed by atoms with Gasteiger partial charge in [0.15, 0.2) is 0 Å². The molecule has 1 rings (SSSR count). The Morgan fingerprint density at radius 2 is 2.12 bits per heavy atom. The van der Waals surface area contributed by atoms with Crippen molar-refractivity contribution in [3.63, 3.8) is 0 Å². The van der Waals surface area contributed by atoms with Crippen molar-refractivity contribution in [2.75, 3.05) is 53.6 Å². The minimum atomic E-state index is 0.578. The van der Waals surface area contributed by atoms with Crippen LogP contribution in [0.2, 0.25) is 0 Å². The van der Waals surface area contributed by atoms with Crippen LogP contribution in [-0.2, 0) is 9.47 Å². The fourth-order valence-electron chi connectivity index (χ4n) is 2.16. The van der Waals surface area contributed by atoms with Crippen LogP contribution in [0.1, 0.15) is 19.8 Å². The predicted octanol–water partition coefficient (Wildman–Crippen LogP) is 0.969. The first kappa shape index (κ1) is 14.9. The summed E-state index contributed by atoms with van der Waals surface area (Å²) in [5.41, 5.74) is 0. The van der Waals surface area contributed by atoms with Gasteiger partial charge in [-0.1, -0.05) is 0 Å². The maximum Gasteiger partial charge on any atom is 0.0587 e. The second-order valence-electron chi connectivity index (χ2n) is 5.04. The SMILES string of the molecule is COCCNCC(C)N(C)CC1CCOCC1. The van der Waals surface area contributed by atoms with E-state index < -0.39 is 0 Å². The number of rotatable bonds is 8. The standard InChI is InChI=1S/C13H28N2O2/c1-12(10-14-6-9-16-3)15(2)11-13-4-7-17-8-5-13/h12-14H,4-11H2,1-3H3. The molecule has 0 aromatic carbocycles. The molecule has 102 valence electrons. The molecule has 1 saturated heterocycles. The molecule has 0 radical (unpaired) electrons. The molecule has 0 aliphatic carbocycles. The first-order chi connectivity index (χ1) is 8.24. The topological polar surface area (TPSA) is 33.7 Å². The highest BCUT2D eigenvalue weighted by Crippen LogP contribution is 2.16. The molecule has 17 heavy (non-hydrogen) atoms. The molecule has 0 bridgehead atoms. The van der Waals surface area contributed by atoms with Crippen LogP contribution in [0.15, 0.2) is 0 Å². The van der Waals surface area contributed by atoms with Crippen LogP contribution in [0.3, 0.4) is 0 Å². The zero-order valence-electron chi connectivity index (χ0n) is 11.6. The largest absolute Gasteiger partial charge is 0.383 e.